The van der Waals surface area contributed by atoms with E-state index in [-0.39, 0.29) is 35.9 Å². The molecular weight excluding hydrogens is 434 g/mol. The quantitative estimate of drug-likeness (QED) is 0.656. The van der Waals surface area contributed by atoms with Gasteiger partial charge in [0.1, 0.15) is 16.4 Å². The van der Waals surface area contributed by atoms with E-state index in [4.69, 9.17) is 9.47 Å². The number of carbonyl (C=O) groups excluding carboxylic acids is 1. The number of rotatable bonds is 8. The third-order valence-corrected chi connectivity index (χ3v) is 6.46. The number of anilines is 1. The Morgan fingerprint density at radius 3 is 2.45 bits per heavy atom. The summed E-state index contributed by atoms with van der Waals surface area (Å²) < 4.78 is 66.5. The van der Waals surface area contributed by atoms with Gasteiger partial charge in [0.25, 0.3) is 0 Å². The maximum absolute atomic E-state index is 13.0. The highest BCUT2D eigenvalue weighted by Crippen LogP contribution is 2.29. The zero-order valence-corrected chi connectivity index (χ0v) is 17.5. The van der Waals surface area contributed by atoms with Crippen LogP contribution >= 0.6 is 0 Å². The summed E-state index contributed by atoms with van der Waals surface area (Å²) in [6.07, 6.45) is -0.0924. The first-order valence-corrected chi connectivity index (χ1v) is 10.8. The number of alkyl halides is 2. The maximum atomic E-state index is 13.0. The Balaban J connectivity index is 1.73. The van der Waals surface area contributed by atoms with Gasteiger partial charge in [-0.15, -0.1) is 0 Å². The van der Waals surface area contributed by atoms with Gasteiger partial charge in [-0.3, -0.25) is 4.79 Å². The monoisotopic (exact) mass is 456 g/mol. The minimum absolute atomic E-state index is 0.0179. The zero-order valence-electron chi connectivity index (χ0n) is 16.7. The molecule has 0 radical (unpaired) electrons. The lowest BCUT2D eigenvalue weighted by molar-refractivity contribution is -0.115. The second kappa shape index (κ2) is 10.0. The largest absolute Gasteiger partial charge is 0.495 e. The Labute approximate surface area is 178 Å². The molecule has 1 aliphatic heterocycles. The number of hydrogen-bond donors (Lipinski definition) is 1. The second-order valence-electron chi connectivity index (χ2n) is 6.63. The molecule has 3 rings (SSSR count). The number of sulfonamides is 1. The molecule has 0 spiro atoms. The lowest BCUT2D eigenvalue weighted by Crippen LogP contribution is -2.40. The average Bonchev–Trinajstić information content (AvgIpc) is 2.75. The fourth-order valence-corrected chi connectivity index (χ4v) is 4.68. The topological polar surface area (TPSA) is 94.2 Å². The molecule has 1 fully saturated rings. The third-order valence-electron chi connectivity index (χ3n) is 4.54. The van der Waals surface area contributed by atoms with Crippen LogP contribution in [-0.4, -0.2) is 58.7 Å². The van der Waals surface area contributed by atoms with Crippen molar-refractivity contribution in [3.05, 3.63) is 48.0 Å². The van der Waals surface area contributed by atoms with Gasteiger partial charge in [-0.1, -0.05) is 6.07 Å². The van der Waals surface area contributed by atoms with Crippen LogP contribution in [0.15, 0.2) is 47.4 Å². The number of benzene rings is 2. The fraction of sp³-hybridized carbons (Fsp3) is 0.350. The predicted octanol–water partition coefficient (Wildman–Crippen LogP) is 2.50. The van der Waals surface area contributed by atoms with Crippen LogP contribution in [0.3, 0.4) is 0 Å². The molecule has 1 aliphatic rings. The molecule has 0 atom stereocenters. The Morgan fingerprint density at radius 1 is 1.16 bits per heavy atom. The highest BCUT2D eigenvalue weighted by molar-refractivity contribution is 7.89. The number of morpholine rings is 1. The number of amides is 1. The van der Waals surface area contributed by atoms with E-state index in [1.807, 2.05) is 0 Å². The van der Waals surface area contributed by atoms with Crippen molar-refractivity contribution in [2.24, 2.45) is 0 Å². The van der Waals surface area contributed by atoms with Gasteiger partial charge in [0, 0.05) is 18.8 Å². The summed E-state index contributed by atoms with van der Waals surface area (Å²) in [5, 5.41) is 2.63. The van der Waals surface area contributed by atoms with Crippen LogP contribution in [0.25, 0.3) is 0 Å². The number of hydrogen-bond acceptors (Lipinski definition) is 6. The molecule has 0 saturated carbocycles. The zero-order chi connectivity index (χ0) is 22.4. The predicted molar refractivity (Wildman–Crippen MR) is 108 cm³/mol. The van der Waals surface area contributed by atoms with Crippen molar-refractivity contribution in [3.63, 3.8) is 0 Å². The van der Waals surface area contributed by atoms with Gasteiger partial charge in [-0.2, -0.15) is 13.1 Å². The van der Waals surface area contributed by atoms with E-state index in [1.165, 1.54) is 47.8 Å². The Kier molecular flexibility index (Phi) is 7.42. The van der Waals surface area contributed by atoms with Crippen LogP contribution in [0.1, 0.15) is 5.56 Å². The van der Waals surface area contributed by atoms with E-state index in [1.54, 1.807) is 6.07 Å². The normalized spacial score (nSPS) is 15.0. The third kappa shape index (κ3) is 5.90. The molecule has 168 valence electrons. The van der Waals surface area contributed by atoms with Gasteiger partial charge < -0.3 is 19.5 Å². The first-order valence-electron chi connectivity index (χ1n) is 9.39. The van der Waals surface area contributed by atoms with E-state index < -0.39 is 22.5 Å². The lowest BCUT2D eigenvalue weighted by Gasteiger charge is -2.26. The molecule has 0 bridgehead atoms. The SMILES string of the molecule is COc1ccc(CC(=O)Nc2ccc(OC(F)F)cc2)cc1S(=O)(=O)N1CCOCC1. The molecule has 1 amide bonds. The summed E-state index contributed by atoms with van der Waals surface area (Å²) in [6, 6.07) is 10.0. The molecule has 1 N–H and O–H groups in total. The lowest BCUT2D eigenvalue weighted by atomic mass is 10.1. The highest BCUT2D eigenvalue weighted by atomic mass is 32.2. The minimum Gasteiger partial charge on any atom is -0.495 e. The number of nitrogens with one attached hydrogen (secondary N) is 1. The van der Waals surface area contributed by atoms with Crippen LogP contribution in [0.5, 0.6) is 11.5 Å². The van der Waals surface area contributed by atoms with Gasteiger partial charge in [-0.05, 0) is 42.0 Å². The first kappa shape index (κ1) is 22.9. The van der Waals surface area contributed by atoms with Crippen molar-refractivity contribution < 1.29 is 36.2 Å². The number of halogens is 2. The van der Waals surface area contributed by atoms with Crippen LogP contribution in [0.2, 0.25) is 0 Å². The van der Waals surface area contributed by atoms with Crippen LogP contribution in [-0.2, 0) is 26.0 Å². The minimum atomic E-state index is -3.82. The molecular formula is C20H22F2N2O6S. The summed E-state index contributed by atoms with van der Waals surface area (Å²) in [5.41, 5.74) is 0.865. The van der Waals surface area contributed by atoms with E-state index in [0.29, 0.717) is 24.5 Å². The number of ether oxygens (including phenoxy) is 3. The van der Waals surface area contributed by atoms with E-state index in [2.05, 4.69) is 10.1 Å². The Morgan fingerprint density at radius 2 is 1.84 bits per heavy atom. The number of carbonyl (C=O) groups is 1. The molecule has 2 aromatic carbocycles. The summed E-state index contributed by atoms with van der Waals surface area (Å²) >= 11 is 0. The molecule has 31 heavy (non-hydrogen) atoms. The first-order chi connectivity index (χ1) is 14.8. The fourth-order valence-electron chi connectivity index (χ4n) is 3.07. The smallest absolute Gasteiger partial charge is 0.387 e. The summed E-state index contributed by atoms with van der Waals surface area (Å²) in [5.74, 6) is -0.242. The highest BCUT2D eigenvalue weighted by Gasteiger charge is 2.29. The maximum Gasteiger partial charge on any atom is 0.387 e. The number of methoxy groups -OCH3 is 1. The van der Waals surface area contributed by atoms with Crippen molar-refractivity contribution in [1.82, 2.24) is 4.31 Å². The van der Waals surface area contributed by atoms with Crippen molar-refractivity contribution in [3.8, 4) is 11.5 Å². The Hall–Kier alpha value is -2.76. The second-order valence-corrected chi connectivity index (χ2v) is 8.54. The molecule has 1 heterocycles. The van der Waals surface area contributed by atoms with E-state index >= 15 is 0 Å². The molecule has 8 nitrogen and oxygen atoms in total. The molecule has 2 aromatic rings. The van der Waals surface area contributed by atoms with Gasteiger partial charge >= 0.3 is 6.61 Å². The van der Waals surface area contributed by atoms with E-state index in [9.17, 15) is 22.0 Å². The van der Waals surface area contributed by atoms with Crippen LogP contribution in [0, 0.1) is 0 Å². The van der Waals surface area contributed by atoms with Crippen LogP contribution < -0.4 is 14.8 Å². The van der Waals surface area contributed by atoms with Crippen molar-refractivity contribution >= 4 is 21.6 Å². The summed E-state index contributed by atoms with van der Waals surface area (Å²) in [4.78, 5) is 12.4. The molecule has 0 unspecified atom stereocenters. The molecule has 11 heteroatoms. The average molecular weight is 456 g/mol. The van der Waals surface area contributed by atoms with Crippen molar-refractivity contribution in [1.29, 1.82) is 0 Å². The van der Waals surface area contributed by atoms with Crippen molar-refractivity contribution in [2.45, 2.75) is 17.9 Å². The van der Waals surface area contributed by atoms with Gasteiger partial charge in [-0.25, -0.2) is 8.42 Å². The van der Waals surface area contributed by atoms with Crippen LogP contribution in [0.4, 0.5) is 14.5 Å². The Bertz CT molecular complexity index is 1010. The van der Waals surface area contributed by atoms with Gasteiger partial charge in [0.2, 0.25) is 15.9 Å². The molecule has 0 aromatic heterocycles. The molecule has 1 saturated heterocycles. The van der Waals surface area contributed by atoms with Gasteiger partial charge in [0.05, 0.1) is 26.7 Å². The van der Waals surface area contributed by atoms with Crippen molar-refractivity contribution in [2.75, 3.05) is 38.7 Å². The molecule has 0 aliphatic carbocycles. The summed E-state index contributed by atoms with van der Waals surface area (Å²) in [7, 11) is -2.44. The van der Waals surface area contributed by atoms with Gasteiger partial charge in [0.15, 0.2) is 0 Å². The number of nitrogens with zero attached hydrogens (tertiary/aromatic N) is 1. The standard InChI is InChI=1S/C20H22F2N2O6S/c1-28-17-7-2-14(12-18(17)31(26,27)24-8-10-29-11-9-24)13-19(25)23-15-3-5-16(6-4-15)30-20(21)22/h2-7,12,20H,8-11,13H2,1H3,(H,23,25). The van der Waals surface area contributed by atoms with E-state index in [0.717, 1.165) is 0 Å². The summed E-state index contributed by atoms with van der Waals surface area (Å²) in [6.45, 7) is -1.84.